The second-order valence-electron chi connectivity index (χ2n) is 2.14. The molecule has 0 amide bonds. The van der Waals surface area contributed by atoms with Crippen LogP contribution in [0, 0.1) is 0 Å². The summed E-state index contributed by atoms with van der Waals surface area (Å²) >= 11 is 0. The average Bonchev–Trinajstić information content (AvgIpc) is 2.01. The van der Waals surface area contributed by atoms with E-state index in [0.717, 1.165) is 10.9 Å². The maximum absolute atomic E-state index is 11.8. The van der Waals surface area contributed by atoms with Gasteiger partial charge in [-0.1, -0.05) is 0 Å². The summed E-state index contributed by atoms with van der Waals surface area (Å²) in [5, 5.41) is 4.86. The Morgan fingerprint density at radius 1 is 0.714 bits per heavy atom. The molecule has 0 saturated heterocycles. The minimum absolute atomic E-state index is 1.15. The number of nitrogens with zero attached hydrogens (tertiary/aromatic N) is 2. The van der Waals surface area contributed by atoms with E-state index < -0.39 is 24.0 Å². The summed E-state index contributed by atoms with van der Waals surface area (Å²) in [5.74, 6) is -3.27. The van der Waals surface area contributed by atoms with Gasteiger partial charge in [0.1, 0.15) is 0 Å². The van der Waals surface area contributed by atoms with Crippen LogP contribution in [0.4, 0.5) is 26.3 Å². The molecule has 0 aliphatic carbocycles. The van der Waals surface area contributed by atoms with Crippen LogP contribution in [0.25, 0.3) is 0 Å². The minimum Gasteiger partial charge on any atom is -0.254 e. The van der Waals surface area contributed by atoms with E-state index in [-0.39, 0.29) is 0 Å². The topological polar surface area (TPSA) is 48.8 Å². The number of amidine groups is 2. The van der Waals surface area contributed by atoms with E-state index in [0.29, 0.717) is 0 Å². The Labute approximate surface area is 72.7 Å². The molecule has 0 fully saturated rings. The molecule has 0 radical (unpaired) electrons. The van der Waals surface area contributed by atoms with Crippen LogP contribution in [0.3, 0.4) is 0 Å². The highest BCUT2D eigenvalue weighted by atomic mass is 19.4. The fourth-order valence-electron chi connectivity index (χ4n) is 0.521. The molecule has 2 N–H and O–H groups in total. The molecule has 80 valence electrons. The molecule has 4 nitrogen and oxygen atoms in total. The maximum atomic E-state index is 11.8. The maximum Gasteiger partial charge on any atom is 0.452 e. The molecule has 0 aromatic rings. The number of hydrazone groups is 2. The van der Waals surface area contributed by atoms with Crippen molar-refractivity contribution < 1.29 is 26.3 Å². The van der Waals surface area contributed by atoms with Gasteiger partial charge in [-0.2, -0.15) is 26.3 Å². The van der Waals surface area contributed by atoms with Crippen LogP contribution in [0.5, 0.6) is 0 Å². The fraction of sp³-hybridized carbons (Fsp3) is 0.500. The predicted octanol–water partition coefficient (Wildman–Crippen LogP) is 0.931. The predicted molar refractivity (Wildman–Crippen MR) is 33.3 cm³/mol. The number of alkyl halides is 6. The quantitative estimate of drug-likeness (QED) is 0.596. The van der Waals surface area contributed by atoms with Crippen molar-refractivity contribution in [1.82, 2.24) is 10.9 Å². The smallest absolute Gasteiger partial charge is 0.254 e. The molecular formula is C4H2F6N4. The third-order valence-electron chi connectivity index (χ3n) is 1.08. The van der Waals surface area contributed by atoms with Gasteiger partial charge in [-0.25, -0.2) is 0 Å². The van der Waals surface area contributed by atoms with E-state index in [1.807, 2.05) is 0 Å². The molecule has 1 aliphatic rings. The lowest BCUT2D eigenvalue weighted by molar-refractivity contribution is -0.0682. The van der Waals surface area contributed by atoms with Crippen molar-refractivity contribution in [3.63, 3.8) is 0 Å². The van der Waals surface area contributed by atoms with Crippen molar-refractivity contribution in [3.05, 3.63) is 0 Å². The summed E-state index contributed by atoms with van der Waals surface area (Å²) in [6, 6.07) is 0. The zero-order valence-corrected chi connectivity index (χ0v) is 6.16. The first-order chi connectivity index (χ1) is 6.21. The number of hydrogen-bond acceptors (Lipinski definition) is 4. The first-order valence-electron chi connectivity index (χ1n) is 3.03. The van der Waals surface area contributed by atoms with Crippen LogP contribution >= 0.6 is 0 Å². The van der Waals surface area contributed by atoms with Crippen molar-refractivity contribution in [2.75, 3.05) is 0 Å². The van der Waals surface area contributed by atoms with E-state index >= 15 is 0 Å². The molecule has 0 bridgehead atoms. The van der Waals surface area contributed by atoms with Gasteiger partial charge in [0.2, 0.25) is 11.7 Å². The van der Waals surface area contributed by atoms with Gasteiger partial charge in [-0.05, 0) is 0 Å². The van der Waals surface area contributed by atoms with Gasteiger partial charge in [-0.3, -0.25) is 10.9 Å². The standard InChI is InChI=1S/C4H2F6N4/c5-3(6,7)1-11-13-2(14-12-1)4(8,9)10/h(H,11,12)(H,13,14). The van der Waals surface area contributed by atoms with E-state index in [4.69, 9.17) is 0 Å². The van der Waals surface area contributed by atoms with E-state index in [9.17, 15) is 26.3 Å². The molecule has 1 rings (SSSR count). The van der Waals surface area contributed by atoms with Crippen molar-refractivity contribution >= 4 is 11.7 Å². The number of nitrogens with one attached hydrogen (secondary N) is 2. The van der Waals surface area contributed by atoms with Crippen LogP contribution in [0.2, 0.25) is 0 Å². The van der Waals surface area contributed by atoms with Crippen molar-refractivity contribution in [2.45, 2.75) is 12.4 Å². The SMILES string of the molecule is FC(F)(F)C1=NNC(C(F)(F)F)=NN1. The zero-order valence-electron chi connectivity index (χ0n) is 6.16. The largest absolute Gasteiger partial charge is 0.452 e. The van der Waals surface area contributed by atoms with Crippen LogP contribution < -0.4 is 10.9 Å². The first-order valence-corrected chi connectivity index (χ1v) is 3.03. The Morgan fingerprint density at radius 3 is 1.14 bits per heavy atom. The van der Waals surface area contributed by atoms with E-state index in [2.05, 4.69) is 10.2 Å². The van der Waals surface area contributed by atoms with Gasteiger partial charge in [0.15, 0.2) is 0 Å². The lowest BCUT2D eigenvalue weighted by Gasteiger charge is -2.17. The molecule has 0 aromatic carbocycles. The van der Waals surface area contributed by atoms with Gasteiger partial charge >= 0.3 is 12.4 Å². The average molecular weight is 220 g/mol. The molecule has 0 spiro atoms. The monoisotopic (exact) mass is 220 g/mol. The number of hydrogen-bond donors (Lipinski definition) is 2. The van der Waals surface area contributed by atoms with Gasteiger partial charge in [0.25, 0.3) is 0 Å². The third-order valence-corrected chi connectivity index (χ3v) is 1.08. The summed E-state index contributed by atoms with van der Waals surface area (Å²) < 4.78 is 70.7. The van der Waals surface area contributed by atoms with Gasteiger partial charge in [0, 0.05) is 0 Å². The number of halogens is 6. The molecule has 14 heavy (non-hydrogen) atoms. The molecule has 0 saturated carbocycles. The second-order valence-corrected chi connectivity index (χ2v) is 2.14. The van der Waals surface area contributed by atoms with Crippen LogP contribution in [-0.4, -0.2) is 24.0 Å². The lowest BCUT2D eigenvalue weighted by Crippen LogP contribution is -2.46. The second kappa shape index (κ2) is 3.03. The van der Waals surface area contributed by atoms with Gasteiger partial charge in [-0.15, -0.1) is 10.2 Å². The fourth-order valence-corrected chi connectivity index (χ4v) is 0.521. The normalized spacial score (nSPS) is 17.9. The van der Waals surface area contributed by atoms with Gasteiger partial charge < -0.3 is 0 Å². The lowest BCUT2D eigenvalue weighted by atomic mass is 10.5. The Bertz CT molecular complexity index is 255. The Balaban J connectivity index is 2.72. The Hall–Kier alpha value is -1.48. The van der Waals surface area contributed by atoms with Crippen LogP contribution in [0.1, 0.15) is 0 Å². The highest BCUT2D eigenvalue weighted by Crippen LogP contribution is 2.19. The van der Waals surface area contributed by atoms with Crippen LogP contribution in [-0.2, 0) is 0 Å². The summed E-state index contributed by atoms with van der Waals surface area (Å²) in [6.45, 7) is 0. The number of rotatable bonds is 0. The van der Waals surface area contributed by atoms with E-state index in [1.165, 1.54) is 0 Å². The highest BCUT2D eigenvalue weighted by Gasteiger charge is 2.42. The molecule has 1 aliphatic heterocycles. The van der Waals surface area contributed by atoms with Crippen molar-refractivity contribution in [2.24, 2.45) is 10.2 Å². The van der Waals surface area contributed by atoms with Crippen molar-refractivity contribution in [1.29, 1.82) is 0 Å². The third kappa shape index (κ3) is 2.26. The molecule has 1 heterocycles. The molecule has 0 unspecified atom stereocenters. The van der Waals surface area contributed by atoms with E-state index in [1.54, 1.807) is 0 Å². The highest BCUT2D eigenvalue weighted by molar-refractivity contribution is 5.95. The van der Waals surface area contributed by atoms with Gasteiger partial charge in [0.05, 0.1) is 0 Å². The van der Waals surface area contributed by atoms with Crippen molar-refractivity contribution in [3.8, 4) is 0 Å². The van der Waals surface area contributed by atoms with Crippen LogP contribution in [0.15, 0.2) is 10.2 Å². The summed E-state index contributed by atoms with van der Waals surface area (Å²) in [7, 11) is 0. The first kappa shape index (κ1) is 10.6. The Kier molecular flexibility index (Phi) is 2.29. The molecule has 0 atom stereocenters. The molecule has 0 aromatic heterocycles. The summed E-state index contributed by atoms with van der Waals surface area (Å²) in [5.41, 5.74) is 2.29. The zero-order chi connectivity index (χ0) is 11.0. The minimum atomic E-state index is -4.87. The summed E-state index contributed by atoms with van der Waals surface area (Å²) in [6.07, 6.45) is -9.73. The Morgan fingerprint density at radius 2 is 1.00 bits per heavy atom. The molecular weight excluding hydrogens is 218 g/mol. The summed E-state index contributed by atoms with van der Waals surface area (Å²) in [4.78, 5) is 0. The molecule has 10 heteroatoms.